The summed E-state index contributed by atoms with van der Waals surface area (Å²) in [5.74, 6) is 0.316. The van der Waals surface area contributed by atoms with Crippen LogP contribution < -0.4 is 0 Å². The van der Waals surface area contributed by atoms with E-state index in [1.54, 1.807) is 12.1 Å². The largest absolute Gasteiger partial charge is 0.508 e. The first-order chi connectivity index (χ1) is 7.34. The summed E-state index contributed by atoms with van der Waals surface area (Å²) in [7, 11) is 0. The predicted octanol–water partition coefficient (Wildman–Crippen LogP) is 2.57. The molecule has 0 aliphatic heterocycles. The summed E-state index contributed by atoms with van der Waals surface area (Å²) in [6.07, 6.45) is 3.70. The van der Waals surface area contributed by atoms with Crippen molar-refractivity contribution in [1.82, 2.24) is 4.98 Å². The summed E-state index contributed by atoms with van der Waals surface area (Å²) in [6.45, 7) is 0. The van der Waals surface area contributed by atoms with Gasteiger partial charge in [-0.05, 0) is 42.7 Å². The number of phenols is 1. The normalized spacial score (nSPS) is 10.1. The number of nitrogens with zero attached hydrogens (tertiary/aromatic N) is 1. The highest BCUT2D eigenvalue weighted by molar-refractivity contribution is 5.26. The summed E-state index contributed by atoms with van der Waals surface area (Å²) >= 11 is 0. The van der Waals surface area contributed by atoms with E-state index in [0.29, 0.717) is 5.75 Å². The molecule has 0 saturated carbocycles. The van der Waals surface area contributed by atoms with E-state index >= 15 is 0 Å². The lowest BCUT2D eigenvalue weighted by molar-refractivity contribution is 0.475. The Labute approximate surface area is 89.2 Å². The van der Waals surface area contributed by atoms with Crippen molar-refractivity contribution in [3.05, 3.63) is 59.9 Å². The Morgan fingerprint density at radius 3 is 2.40 bits per heavy atom. The Morgan fingerprint density at radius 1 is 0.933 bits per heavy atom. The van der Waals surface area contributed by atoms with Gasteiger partial charge in [0.05, 0.1) is 0 Å². The lowest BCUT2D eigenvalue weighted by Crippen LogP contribution is -1.93. The van der Waals surface area contributed by atoms with Gasteiger partial charge in [-0.15, -0.1) is 0 Å². The van der Waals surface area contributed by atoms with Crippen molar-refractivity contribution < 1.29 is 5.11 Å². The molecule has 1 N–H and O–H groups in total. The highest BCUT2D eigenvalue weighted by Crippen LogP contribution is 2.11. The van der Waals surface area contributed by atoms with E-state index in [1.165, 1.54) is 5.56 Å². The molecule has 2 rings (SSSR count). The summed E-state index contributed by atoms with van der Waals surface area (Å²) in [4.78, 5) is 4.26. The molecule has 0 radical (unpaired) electrons. The zero-order chi connectivity index (χ0) is 10.5. The Bertz CT molecular complexity index is 408. The SMILES string of the molecule is Oc1ccc(CCc2ccccn2)cc1. The van der Waals surface area contributed by atoms with Gasteiger partial charge in [-0.1, -0.05) is 18.2 Å². The number of pyridine rings is 1. The lowest BCUT2D eigenvalue weighted by Gasteiger charge is -2.01. The molecule has 0 saturated heterocycles. The average Bonchev–Trinajstić information content (AvgIpc) is 2.30. The van der Waals surface area contributed by atoms with Gasteiger partial charge in [-0.2, -0.15) is 0 Å². The fourth-order valence-corrected chi connectivity index (χ4v) is 1.48. The first kappa shape index (κ1) is 9.71. The van der Waals surface area contributed by atoms with Gasteiger partial charge in [0.1, 0.15) is 5.75 Å². The topological polar surface area (TPSA) is 33.1 Å². The quantitative estimate of drug-likeness (QED) is 0.824. The minimum atomic E-state index is 0.316. The smallest absolute Gasteiger partial charge is 0.115 e. The zero-order valence-corrected chi connectivity index (χ0v) is 8.43. The molecule has 0 aliphatic rings. The van der Waals surface area contributed by atoms with Crippen LogP contribution in [0.1, 0.15) is 11.3 Å². The van der Waals surface area contributed by atoms with Crippen LogP contribution in [0, 0.1) is 0 Å². The van der Waals surface area contributed by atoms with Gasteiger partial charge in [-0.3, -0.25) is 4.98 Å². The highest BCUT2D eigenvalue weighted by Gasteiger charge is 1.96. The second-order valence-corrected chi connectivity index (χ2v) is 3.49. The van der Waals surface area contributed by atoms with Crippen LogP contribution in [-0.2, 0) is 12.8 Å². The molecule has 0 aliphatic carbocycles. The van der Waals surface area contributed by atoms with E-state index in [1.807, 2.05) is 36.5 Å². The second kappa shape index (κ2) is 4.60. The number of aryl methyl sites for hydroxylation is 2. The van der Waals surface area contributed by atoms with Gasteiger partial charge in [0.2, 0.25) is 0 Å². The number of hydrogen-bond acceptors (Lipinski definition) is 2. The van der Waals surface area contributed by atoms with Crippen molar-refractivity contribution in [2.45, 2.75) is 12.8 Å². The number of aromatic nitrogens is 1. The van der Waals surface area contributed by atoms with E-state index in [4.69, 9.17) is 5.11 Å². The van der Waals surface area contributed by atoms with Gasteiger partial charge >= 0.3 is 0 Å². The lowest BCUT2D eigenvalue weighted by atomic mass is 10.1. The molecule has 2 nitrogen and oxygen atoms in total. The van der Waals surface area contributed by atoms with Gasteiger partial charge in [-0.25, -0.2) is 0 Å². The number of aromatic hydroxyl groups is 1. The molecule has 0 bridgehead atoms. The molecule has 0 unspecified atom stereocenters. The number of phenolic OH excluding ortho intramolecular Hbond substituents is 1. The van der Waals surface area contributed by atoms with E-state index in [2.05, 4.69) is 4.98 Å². The molecule has 1 heterocycles. The van der Waals surface area contributed by atoms with Crippen LogP contribution >= 0.6 is 0 Å². The molecule has 0 atom stereocenters. The Morgan fingerprint density at radius 2 is 1.73 bits per heavy atom. The zero-order valence-electron chi connectivity index (χ0n) is 8.43. The number of hydrogen-bond donors (Lipinski definition) is 1. The molecule has 0 spiro atoms. The summed E-state index contributed by atoms with van der Waals surface area (Å²) in [6, 6.07) is 13.3. The van der Waals surface area contributed by atoms with Crippen LogP contribution in [0.3, 0.4) is 0 Å². The Hall–Kier alpha value is -1.83. The molecule has 2 heteroatoms. The van der Waals surface area contributed by atoms with Crippen molar-refractivity contribution >= 4 is 0 Å². The first-order valence-corrected chi connectivity index (χ1v) is 5.02. The maximum absolute atomic E-state index is 9.13. The molecule has 0 fully saturated rings. The Kier molecular flexibility index (Phi) is 2.98. The predicted molar refractivity (Wildman–Crippen MR) is 59.8 cm³/mol. The highest BCUT2D eigenvalue weighted by atomic mass is 16.3. The van der Waals surface area contributed by atoms with Crippen molar-refractivity contribution in [2.24, 2.45) is 0 Å². The van der Waals surface area contributed by atoms with E-state index in [0.717, 1.165) is 18.5 Å². The summed E-state index contributed by atoms with van der Waals surface area (Å²) in [5.41, 5.74) is 2.32. The van der Waals surface area contributed by atoms with Crippen LogP contribution in [0.25, 0.3) is 0 Å². The molecular formula is C13H13NO. The van der Waals surface area contributed by atoms with E-state index < -0.39 is 0 Å². The van der Waals surface area contributed by atoms with Crippen molar-refractivity contribution in [1.29, 1.82) is 0 Å². The molecule has 1 aromatic carbocycles. The molecular weight excluding hydrogens is 186 g/mol. The Balaban J connectivity index is 1.96. The number of rotatable bonds is 3. The third-order valence-corrected chi connectivity index (χ3v) is 2.33. The van der Waals surface area contributed by atoms with E-state index in [9.17, 15) is 0 Å². The second-order valence-electron chi connectivity index (χ2n) is 3.49. The van der Waals surface area contributed by atoms with Crippen molar-refractivity contribution in [3.63, 3.8) is 0 Å². The summed E-state index contributed by atoms with van der Waals surface area (Å²) < 4.78 is 0. The molecule has 15 heavy (non-hydrogen) atoms. The summed E-state index contributed by atoms with van der Waals surface area (Å²) in [5, 5.41) is 9.13. The average molecular weight is 199 g/mol. The maximum atomic E-state index is 9.13. The number of benzene rings is 1. The van der Waals surface area contributed by atoms with E-state index in [-0.39, 0.29) is 0 Å². The van der Waals surface area contributed by atoms with Crippen LogP contribution in [0.15, 0.2) is 48.7 Å². The van der Waals surface area contributed by atoms with Crippen LogP contribution in [0.2, 0.25) is 0 Å². The minimum absolute atomic E-state index is 0.316. The third-order valence-electron chi connectivity index (χ3n) is 2.33. The maximum Gasteiger partial charge on any atom is 0.115 e. The fraction of sp³-hybridized carbons (Fsp3) is 0.154. The van der Waals surface area contributed by atoms with Gasteiger partial charge in [0, 0.05) is 11.9 Å². The molecule has 0 amide bonds. The van der Waals surface area contributed by atoms with Crippen LogP contribution in [0.4, 0.5) is 0 Å². The molecule has 1 aromatic heterocycles. The van der Waals surface area contributed by atoms with Gasteiger partial charge in [0.25, 0.3) is 0 Å². The molecule has 2 aromatic rings. The molecule has 76 valence electrons. The third kappa shape index (κ3) is 2.81. The minimum Gasteiger partial charge on any atom is -0.508 e. The van der Waals surface area contributed by atoms with Gasteiger partial charge in [0.15, 0.2) is 0 Å². The fourth-order valence-electron chi connectivity index (χ4n) is 1.48. The first-order valence-electron chi connectivity index (χ1n) is 5.02. The standard InChI is InChI=1S/C13H13NO/c15-13-8-5-11(6-9-13)4-7-12-3-1-2-10-14-12/h1-3,5-6,8-10,15H,4,7H2. The van der Waals surface area contributed by atoms with Crippen LogP contribution in [0.5, 0.6) is 5.75 Å². The monoisotopic (exact) mass is 199 g/mol. The van der Waals surface area contributed by atoms with Crippen molar-refractivity contribution in [3.8, 4) is 5.75 Å². The van der Waals surface area contributed by atoms with Crippen molar-refractivity contribution in [2.75, 3.05) is 0 Å². The van der Waals surface area contributed by atoms with Gasteiger partial charge < -0.3 is 5.11 Å². The van der Waals surface area contributed by atoms with Crippen LogP contribution in [-0.4, -0.2) is 10.1 Å².